The highest BCUT2D eigenvalue weighted by Crippen LogP contribution is 2.25. The van der Waals surface area contributed by atoms with Crippen LogP contribution in [0, 0.1) is 5.82 Å². The molecule has 0 fully saturated rings. The molecule has 0 amide bonds. The van der Waals surface area contributed by atoms with Crippen molar-refractivity contribution in [2.45, 2.75) is 4.34 Å². The number of halogens is 1. The minimum absolute atomic E-state index is 0.112. The van der Waals surface area contributed by atoms with Crippen LogP contribution < -0.4 is 10.5 Å². The molecule has 0 bridgehead atoms. The predicted molar refractivity (Wildman–Crippen MR) is 72.3 cm³/mol. The van der Waals surface area contributed by atoms with E-state index < -0.39 is 5.82 Å². The van der Waals surface area contributed by atoms with Crippen molar-refractivity contribution >= 4 is 34.0 Å². The number of rotatable bonds is 5. The molecule has 0 aliphatic rings. The van der Waals surface area contributed by atoms with Crippen molar-refractivity contribution in [2.24, 2.45) is 0 Å². The predicted octanol–water partition coefficient (Wildman–Crippen LogP) is 2.24. The SMILES string of the molecule is COc1ccc(C(=O)CSc2nnc(N)s2)cc1F. The summed E-state index contributed by atoms with van der Waals surface area (Å²) in [5.41, 5.74) is 5.73. The zero-order valence-electron chi connectivity index (χ0n) is 9.92. The van der Waals surface area contributed by atoms with E-state index in [0.29, 0.717) is 15.0 Å². The molecule has 0 atom stereocenters. The van der Waals surface area contributed by atoms with Gasteiger partial charge in [0.15, 0.2) is 21.7 Å². The molecule has 1 aromatic heterocycles. The molecule has 0 radical (unpaired) electrons. The van der Waals surface area contributed by atoms with Gasteiger partial charge in [0, 0.05) is 5.56 Å². The third-order valence-corrected chi connectivity index (χ3v) is 4.11. The van der Waals surface area contributed by atoms with E-state index in [2.05, 4.69) is 10.2 Å². The van der Waals surface area contributed by atoms with Crippen LogP contribution in [0.1, 0.15) is 10.4 Å². The van der Waals surface area contributed by atoms with Crippen LogP contribution in [-0.2, 0) is 0 Å². The lowest BCUT2D eigenvalue weighted by Gasteiger charge is -2.03. The molecule has 2 aromatic rings. The molecule has 0 spiro atoms. The minimum Gasteiger partial charge on any atom is -0.494 e. The molecule has 0 saturated heterocycles. The van der Waals surface area contributed by atoms with E-state index in [-0.39, 0.29) is 17.3 Å². The summed E-state index contributed by atoms with van der Waals surface area (Å²) in [5.74, 6) is -0.486. The molecule has 5 nitrogen and oxygen atoms in total. The standard InChI is InChI=1S/C11H10FN3O2S2/c1-17-9-3-2-6(4-7(9)12)8(16)5-18-11-15-14-10(13)19-11/h2-4H,5H2,1H3,(H2,13,14). The molecule has 19 heavy (non-hydrogen) atoms. The number of ether oxygens (including phenoxy) is 1. The van der Waals surface area contributed by atoms with Gasteiger partial charge in [-0.1, -0.05) is 23.1 Å². The molecule has 100 valence electrons. The van der Waals surface area contributed by atoms with Gasteiger partial charge >= 0.3 is 0 Å². The minimum atomic E-state index is -0.557. The topological polar surface area (TPSA) is 78.1 Å². The van der Waals surface area contributed by atoms with Gasteiger partial charge in [-0.25, -0.2) is 4.39 Å². The number of anilines is 1. The van der Waals surface area contributed by atoms with Crippen molar-refractivity contribution in [2.75, 3.05) is 18.6 Å². The van der Waals surface area contributed by atoms with Gasteiger partial charge in [0.1, 0.15) is 0 Å². The van der Waals surface area contributed by atoms with E-state index in [1.165, 1.54) is 42.3 Å². The lowest BCUT2D eigenvalue weighted by Crippen LogP contribution is -2.03. The summed E-state index contributed by atoms with van der Waals surface area (Å²) in [7, 11) is 1.37. The largest absolute Gasteiger partial charge is 0.494 e. The number of nitrogens with two attached hydrogens (primary N) is 1. The molecule has 2 rings (SSSR count). The van der Waals surface area contributed by atoms with Gasteiger partial charge in [-0.05, 0) is 18.2 Å². The van der Waals surface area contributed by atoms with Crippen LogP contribution in [0.5, 0.6) is 5.75 Å². The summed E-state index contributed by atoms with van der Waals surface area (Å²) in [5, 5.41) is 7.78. The number of methoxy groups -OCH3 is 1. The Morgan fingerprint density at radius 3 is 2.89 bits per heavy atom. The Bertz CT molecular complexity index is 603. The van der Waals surface area contributed by atoms with Crippen molar-refractivity contribution in [3.63, 3.8) is 0 Å². The smallest absolute Gasteiger partial charge is 0.203 e. The molecule has 0 unspecified atom stereocenters. The highest BCUT2D eigenvalue weighted by Gasteiger charge is 2.12. The maximum atomic E-state index is 13.5. The van der Waals surface area contributed by atoms with Gasteiger partial charge in [-0.2, -0.15) is 0 Å². The zero-order chi connectivity index (χ0) is 13.8. The number of carbonyl (C=O) groups is 1. The fourth-order valence-electron chi connectivity index (χ4n) is 1.33. The summed E-state index contributed by atoms with van der Waals surface area (Å²) in [6.07, 6.45) is 0. The molecule has 0 aliphatic carbocycles. The third kappa shape index (κ3) is 3.42. The monoisotopic (exact) mass is 299 g/mol. The van der Waals surface area contributed by atoms with Gasteiger partial charge in [0.25, 0.3) is 0 Å². The summed E-state index contributed by atoms with van der Waals surface area (Å²) in [6, 6.07) is 4.12. The maximum Gasteiger partial charge on any atom is 0.203 e. The number of Topliss-reactive ketones (excluding diaryl/α,β-unsaturated/α-hetero) is 1. The quantitative estimate of drug-likeness (QED) is 0.674. The molecule has 0 aliphatic heterocycles. The number of nitrogen functional groups attached to an aromatic ring is 1. The first-order valence-electron chi connectivity index (χ1n) is 5.18. The molecule has 2 N–H and O–H groups in total. The number of nitrogens with zero attached hydrogens (tertiary/aromatic N) is 2. The number of hydrogen-bond acceptors (Lipinski definition) is 7. The Labute approximate surface area is 117 Å². The maximum absolute atomic E-state index is 13.5. The summed E-state index contributed by atoms with van der Waals surface area (Å²) in [4.78, 5) is 11.9. The summed E-state index contributed by atoms with van der Waals surface area (Å²) >= 11 is 2.43. The molecule has 1 heterocycles. The normalized spacial score (nSPS) is 10.4. The number of benzene rings is 1. The molecule has 1 aromatic carbocycles. The van der Waals surface area contributed by atoms with Gasteiger partial charge < -0.3 is 10.5 Å². The van der Waals surface area contributed by atoms with E-state index in [9.17, 15) is 9.18 Å². The van der Waals surface area contributed by atoms with Crippen LogP contribution in [0.15, 0.2) is 22.5 Å². The van der Waals surface area contributed by atoms with Crippen LogP contribution >= 0.6 is 23.1 Å². The van der Waals surface area contributed by atoms with E-state index in [1.807, 2.05) is 0 Å². The number of thioether (sulfide) groups is 1. The average Bonchev–Trinajstić information content (AvgIpc) is 2.81. The fraction of sp³-hybridized carbons (Fsp3) is 0.182. The van der Waals surface area contributed by atoms with E-state index >= 15 is 0 Å². The average molecular weight is 299 g/mol. The lowest BCUT2D eigenvalue weighted by atomic mass is 10.1. The number of hydrogen-bond donors (Lipinski definition) is 1. The Kier molecular flexibility index (Phi) is 4.33. The molecule has 8 heteroatoms. The second-order valence-electron chi connectivity index (χ2n) is 3.47. The van der Waals surface area contributed by atoms with Crippen molar-refractivity contribution < 1.29 is 13.9 Å². The van der Waals surface area contributed by atoms with Crippen LogP contribution in [0.3, 0.4) is 0 Å². The van der Waals surface area contributed by atoms with Crippen LogP contribution in [0.25, 0.3) is 0 Å². The van der Waals surface area contributed by atoms with Crippen LogP contribution in [-0.4, -0.2) is 28.8 Å². The Balaban J connectivity index is 2.01. The number of ketones is 1. The van der Waals surface area contributed by atoms with Gasteiger partial charge in [-0.3, -0.25) is 4.79 Å². The first-order chi connectivity index (χ1) is 9.10. The second-order valence-corrected chi connectivity index (χ2v) is 5.70. The van der Waals surface area contributed by atoms with Gasteiger partial charge in [0.2, 0.25) is 5.13 Å². The van der Waals surface area contributed by atoms with Crippen molar-refractivity contribution in [1.29, 1.82) is 0 Å². The third-order valence-electron chi connectivity index (χ3n) is 2.22. The number of aromatic nitrogens is 2. The van der Waals surface area contributed by atoms with Gasteiger partial charge in [-0.15, -0.1) is 10.2 Å². The summed E-state index contributed by atoms with van der Waals surface area (Å²) < 4.78 is 18.9. The Morgan fingerprint density at radius 1 is 1.53 bits per heavy atom. The van der Waals surface area contributed by atoms with E-state index in [4.69, 9.17) is 10.5 Å². The first-order valence-corrected chi connectivity index (χ1v) is 6.99. The zero-order valence-corrected chi connectivity index (χ0v) is 11.6. The summed E-state index contributed by atoms with van der Waals surface area (Å²) in [6.45, 7) is 0. The molecule has 0 saturated carbocycles. The molecular formula is C11H10FN3O2S2. The van der Waals surface area contributed by atoms with Crippen molar-refractivity contribution in [1.82, 2.24) is 10.2 Å². The lowest BCUT2D eigenvalue weighted by molar-refractivity contribution is 0.102. The van der Waals surface area contributed by atoms with Crippen LogP contribution in [0.2, 0.25) is 0 Å². The van der Waals surface area contributed by atoms with Crippen LogP contribution in [0.4, 0.5) is 9.52 Å². The number of carbonyl (C=O) groups excluding carboxylic acids is 1. The molecular weight excluding hydrogens is 289 g/mol. The first kappa shape index (κ1) is 13.8. The highest BCUT2D eigenvalue weighted by molar-refractivity contribution is 8.01. The fourth-order valence-corrected chi connectivity index (χ4v) is 2.86. The van der Waals surface area contributed by atoms with Crippen molar-refractivity contribution in [3.05, 3.63) is 29.6 Å². The van der Waals surface area contributed by atoms with E-state index in [1.54, 1.807) is 0 Å². The highest BCUT2D eigenvalue weighted by atomic mass is 32.2. The van der Waals surface area contributed by atoms with E-state index in [0.717, 1.165) is 6.07 Å². The Hall–Kier alpha value is -1.67. The van der Waals surface area contributed by atoms with Crippen molar-refractivity contribution in [3.8, 4) is 5.75 Å². The van der Waals surface area contributed by atoms with Gasteiger partial charge in [0.05, 0.1) is 12.9 Å². The Morgan fingerprint density at radius 2 is 2.32 bits per heavy atom. The second kappa shape index (κ2) is 5.98.